The first-order chi connectivity index (χ1) is 8.82. The molecular formula is C11H11FN2O5. The predicted molar refractivity (Wildman–Crippen MR) is 61.2 cm³/mol. The number of primary amides is 1. The normalized spacial score (nSPS) is 11.5. The first-order valence-electron chi connectivity index (χ1n) is 5.11. The molecule has 1 aromatic carbocycles. The van der Waals surface area contributed by atoms with Crippen molar-refractivity contribution in [1.82, 2.24) is 5.32 Å². The highest BCUT2D eigenvalue weighted by molar-refractivity contribution is 5.96. The maximum absolute atomic E-state index is 13.5. The Morgan fingerprint density at radius 3 is 2.58 bits per heavy atom. The van der Waals surface area contributed by atoms with Crippen LogP contribution < -0.4 is 15.8 Å². The third-order valence-electron chi connectivity index (χ3n) is 2.11. The average molecular weight is 270 g/mol. The summed E-state index contributed by atoms with van der Waals surface area (Å²) in [5, 5.41) is 10.6. The minimum atomic E-state index is -1.41. The van der Waals surface area contributed by atoms with Gasteiger partial charge in [-0.15, -0.1) is 0 Å². The lowest BCUT2D eigenvalue weighted by Crippen LogP contribution is -2.42. The van der Waals surface area contributed by atoms with E-state index in [1.807, 2.05) is 0 Å². The molecule has 1 atom stereocenters. The van der Waals surface area contributed by atoms with Crippen LogP contribution in [0.1, 0.15) is 17.3 Å². The molecule has 0 aromatic heterocycles. The number of nitrogens with two attached hydrogens (primary N) is 1. The molecule has 0 saturated carbocycles. The number of nitrogens with one attached hydrogen (secondary N) is 1. The molecule has 3 amide bonds. The maximum Gasteiger partial charge on any atom is 0.339 e. The van der Waals surface area contributed by atoms with Crippen LogP contribution >= 0.6 is 0 Å². The van der Waals surface area contributed by atoms with Gasteiger partial charge in [0.1, 0.15) is 5.56 Å². The molecule has 19 heavy (non-hydrogen) atoms. The number of carboxylic acids is 1. The second-order valence-corrected chi connectivity index (χ2v) is 3.54. The molecule has 1 aromatic rings. The van der Waals surface area contributed by atoms with Gasteiger partial charge in [-0.2, -0.15) is 0 Å². The first-order valence-corrected chi connectivity index (χ1v) is 5.11. The van der Waals surface area contributed by atoms with E-state index in [4.69, 9.17) is 15.6 Å². The van der Waals surface area contributed by atoms with Crippen LogP contribution in [0, 0.1) is 5.82 Å². The van der Waals surface area contributed by atoms with Gasteiger partial charge in [-0.1, -0.05) is 6.07 Å². The molecule has 0 aliphatic rings. The predicted octanol–water partition coefficient (Wildman–Crippen LogP) is 0.486. The third kappa shape index (κ3) is 3.66. The molecule has 0 fully saturated rings. The SMILES string of the molecule is CC(Oc1c(F)cccc1C(=O)O)C(=O)NC(N)=O. The number of para-hydroxylation sites is 1. The Balaban J connectivity index is 2.96. The van der Waals surface area contributed by atoms with Crippen LogP contribution in [-0.4, -0.2) is 29.1 Å². The van der Waals surface area contributed by atoms with Gasteiger partial charge in [-0.25, -0.2) is 14.0 Å². The highest BCUT2D eigenvalue weighted by atomic mass is 19.1. The van der Waals surface area contributed by atoms with Crippen LogP contribution in [0.4, 0.5) is 9.18 Å². The summed E-state index contributed by atoms with van der Waals surface area (Å²) in [4.78, 5) is 32.7. The van der Waals surface area contributed by atoms with Crippen LogP contribution in [0.2, 0.25) is 0 Å². The zero-order chi connectivity index (χ0) is 14.6. The van der Waals surface area contributed by atoms with Crippen LogP contribution in [-0.2, 0) is 4.79 Å². The quantitative estimate of drug-likeness (QED) is 0.735. The Labute approximate surface area is 107 Å². The number of aromatic carboxylic acids is 1. The lowest BCUT2D eigenvalue weighted by atomic mass is 10.2. The van der Waals surface area contributed by atoms with Crippen molar-refractivity contribution in [3.8, 4) is 5.75 Å². The number of ether oxygens (including phenoxy) is 1. The standard InChI is InChI=1S/C11H11FN2O5/c1-5(9(15)14-11(13)18)19-8-6(10(16)17)3-2-4-7(8)12/h2-5H,1H3,(H,16,17)(H3,13,14,15,18). The molecule has 0 heterocycles. The zero-order valence-corrected chi connectivity index (χ0v) is 9.84. The summed E-state index contributed by atoms with van der Waals surface area (Å²) in [6.45, 7) is 1.22. The second kappa shape index (κ2) is 5.80. The van der Waals surface area contributed by atoms with E-state index in [0.717, 1.165) is 12.1 Å². The molecule has 8 heteroatoms. The molecular weight excluding hydrogens is 259 g/mol. The van der Waals surface area contributed by atoms with E-state index in [0.29, 0.717) is 0 Å². The summed E-state index contributed by atoms with van der Waals surface area (Å²) in [7, 11) is 0. The van der Waals surface area contributed by atoms with Crippen molar-refractivity contribution in [3.05, 3.63) is 29.6 Å². The molecule has 0 aliphatic carbocycles. The molecule has 1 unspecified atom stereocenters. The number of halogens is 1. The van der Waals surface area contributed by atoms with E-state index in [1.54, 1.807) is 5.32 Å². The number of hydrogen-bond acceptors (Lipinski definition) is 4. The van der Waals surface area contributed by atoms with E-state index >= 15 is 0 Å². The van der Waals surface area contributed by atoms with Crippen LogP contribution in [0.25, 0.3) is 0 Å². The fourth-order valence-electron chi connectivity index (χ4n) is 1.25. The Kier molecular flexibility index (Phi) is 4.41. The van der Waals surface area contributed by atoms with Crippen LogP contribution in [0.5, 0.6) is 5.75 Å². The van der Waals surface area contributed by atoms with Gasteiger partial charge in [0.15, 0.2) is 17.7 Å². The second-order valence-electron chi connectivity index (χ2n) is 3.54. The number of urea groups is 1. The highest BCUT2D eigenvalue weighted by Gasteiger charge is 2.22. The lowest BCUT2D eigenvalue weighted by Gasteiger charge is -2.15. The Hall–Kier alpha value is -2.64. The van der Waals surface area contributed by atoms with Crippen molar-refractivity contribution < 1.29 is 28.6 Å². The number of imide groups is 1. The number of carboxylic acid groups (broad SMARTS) is 1. The van der Waals surface area contributed by atoms with Gasteiger partial charge in [0.05, 0.1) is 0 Å². The Bertz CT molecular complexity index is 532. The summed E-state index contributed by atoms with van der Waals surface area (Å²) >= 11 is 0. The van der Waals surface area contributed by atoms with Gasteiger partial charge < -0.3 is 15.6 Å². The fourth-order valence-corrected chi connectivity index (χ4v) is 1.25. The molecule has 0 bridgehead atoms. The summed E-state index contributed by atoms with van der Waals surface area (Å²) < 4.78 is 18.4. The van der Waals surface area contributed by atoms with Gasteiger partial charge in [0, 0.05) is 0 Å². The number of rotatable bonds is 4. The van der Waals surface area contributed by atoms with E-state index in [-0.39, 0.29) is 0 Å². The number of carbonyl (C=O) groups excluding carboxylic acids is 2. The number of hydrogen-bond donors (Lipinski definition) is 3. The summed E-state index contributed by atoms with van der Waals surface area (Å²) in [5.74, 6) is -3.83. The minimum Gasteiger partial charge on any atom is -0.478 e. The molecule has 0 spiro atoms. The van der Waals surface area contributed by atoms with Crippen molar-refractivity contribution in [2.75, 3.05) is 0 Å². The van der Waals surface area contributed by atoms with E-state index in [2.05, 4.69) is 0 Å². The summed E-state index contributed by atoms with van der Waals surface area (Å²) in [6, 6.07) is 2.21. The Morgan fingerprint density at radius 2 is 2.05 bits per heavy atom. The van der Waals surface area contributed by atoms with Gasteiger partial charge in [0.2, 0.25) is 0 Å². The molecule has 1 rings (SSSR count). The Morgan fingerprint density at radius 1 is 1.42 bits per heavy atom. The van der Waals surface area contributed by atoms with Gasteiger partial charge in [-0.05, 0) is 19.1 Å². The summed E-state index contributed by atoms with van der Waals surface area (Å²) in [6.07, 6.45) is -1.29. The van der Waals surface area contributed by atoms with Gasteiger partial charge >= 0.3 is 12.0 Å². The first kappa shape index (κ1) is 14.4. The molecule has 0 aliphatic heterocycles. The average Bonchev–Trinajstić information content (AvgIpc) is 2.30. The maximum atomic E-state index is 13.5. The van der Waals surface area contributed by atoms with E-state index < -0.39 is 41.1 Å². The number of amides is 3. The van der Waals surface area contributed by atoms with Crippen molar-refractivity contribution >= 4 is 17.9 Å². The van der Waals surface area contributed by atoms with Crippen molar-refractivity contribution in [1.29, 1.82) is 0 Å². The molecule has 102 valence electrons. The lowest BCUT2D eigenvalue weighted by molar-refractivity contribution is -0.126. The van der Waals surface area contributed by atoms with Gasteiger partial charge in [-0.3, -0.25) is 10.1 Å². The van der Waals surface area contributed by atoms with Crippen molar-refractivity contribution in [2.24, 2.45) is 5.73 Å². The molecule has 7 nitrogen and oxygen atoms in total. The monoisotopic (exact) mass is 270 g/mol. The molecule has 0 saturated heterocycles. The highest BCUT2D eigenvalue weighted by Crippen LogP contribution is 2.23. The van der Waals surface area contributed by atoms with Crippen molar-refractivity contribution in [3.63, 3.8) is 0 Å². The van der Waals surface area contributed by atoms with Gasteiger partial charge in [0.25, 0.3) is 5.91 Å². The molecule has 0 radical (unpaired) electrons. The third-order valence-corrected chi connectivity index (χ3v) is 2.11. The minimum absolute atomic E-state index is 0.432. The van der Waals surface area contributed by atoms with Crippen LogP contribution in [0.3, 0.4) is 0 Å². The smallest absolute Gasteiger partial charge is 0.339 e. The summed E-state index contributed by atoms with van der Waals surface area (Å²) in [5.41, 5.74) is 4.31. The largest absolute Gasteiger partial charge is 0.478 e. The van der Waals surface area contributed by atoms with Crippen LogP contribution in [0.15, 0.2) is 18.2 Å². The zero-order valence-electron chi connectivity index (χ0n) is 9.84. The van der Waals surface area contributed by atoms with E-state index in [1.165, 1.54) is 13.0 Å². The van der Waals surface area contributed by atoms with Crippen molar-refractivity contribution in [2.45, 2.75) is 13.0 Å². The molecule has 4 N–H and O–H groups in total. The topological polar surface area (TPSA) is 119 Å². The number of carbonyl (C=O) groups is 3. The number of benzene rings is 1. The fraction of sp³-hybridized carbons (Fsp3) is 0.182. The van der Waals surface area contributed by atoms with E-state index in [9.17, 15) is 18.8 Å².